The van der Waals surface area contributed by atoms with E-state index in [4.69, 9.17) is 4.99 Å². The molecule has 1 heterocycles. The van der Waals surface area contributed by atoms with E-state index in [1.165, 1.54) is 24.0 Å². The second-order valence-electron chi connectivity index (χ2n) is 5.35. The summed E-state index contributed by atoms with van der Waals surface area (Å²) in [5.41, 5.74) is 2.78. The quantitative estimate of drug-likeness (QED) is 0.465. The van der Waals surface area contributed by atoms with Gasteiger partial charge in [0.05, 0.1) is 0 Å². The molecule has 0 aliphatic carbocycles. The summed E-state index contributed by atoms with van der Waals surface area (Å²) in [5.74, 6) is 1.09. The van der Waals surface area contributed by atoms with Crippen molar-refractivity contribution in [3.63, 3.8) is 0 Å². The van der Waals surface area contributed by atoms with Crippen LogP contribution in [0.15, 0.2) is 29.3 Å². The number of likely N-dealkylation sites (tertiary alicyclic amines) is 1. The van der Waals surface area contributed by atoms with Crippen molar-refractivity contribution in [1.82, 2.24) is 10.2 Å². The molecule has 1 fully saturated rings. The minimum atomic E-state index is 0. The monoisotopic (exact) mass is 401 g/mol. The van der Waals surface area contributed by atoms with E-state index >= 15 is 0 Å². The molecule has 0 spiro atoms. The zero-order chi connectivity index (χ0) is 14.2. The molecule has 0 unspecified atom stereocenters. The van der Waals surface area contributed by atoms with Gasteiger partial charge in [-0.1, -0.05) is 31.2 Å². The number of aliphatic imine (C=N–C) groups is 1. The summed E-state index contributed by atoms with van der Waals surface area (Å²) in [5, 5.41) is 3.40. The Kier molecular flexibility index (Phi) is 8.73. The summed E-state index contributed by atoms with van der Waals surface area (Å²) in [7, 11) is 0. The van der Waals surface area contributed by atoms with Crippen LogP contribution in [0.25, 0.3) is 0 Å². The normalized spacial score (nSPS) is 15.0. The van der Waals surface area contributed by atoms with E-state index in [-0.39, 0.29) is 24.0 Å². The Morgan fingerprint density at radius 1 is 1.10 bits per heavy atom. The second-order valence-corrected chi connectivity index (χ2v) is 5.35. The maximum atomic E-state index is 4.76. The van der Waals surface area contributed by atoms with Crippen LogP contribution in [0, 0.1) is 0 Å². The molecule has 1 N–H and O–H groups in total. The van der Waals surface area contributed by atoms with Crippen LogP contribution in [0.3, 0.4) is 0 Å². The van der Waals surface area contributed by atoms with E-state index in [1.54, 1.807) is 0 Å². The molecule has 1 aromatic rings. The highest BCUT2D eigenvalue weighted by atomic mass is 127. The van der Waals surface area contributed by atoms with Crippen molar-refractivity contribution in [3.05, 3.63) is 35.4 Å². The number of guanidine groups is 1. The summed E-state index contributed by atoms with van der Waals surface area (Å²) in [6.45, 7) is 8.44. The summed E-state index contributed by atoms with van der Waals surface area (Å²) in [6.07, 6.45) is 4.72. The molecule has 0 bridgehead atoms. The van der Waals surface area contributed by atoms with Crippen LogP contribution >= 0.6 is 24.0 Å². The van der Waals surface area contributed by atoms with Gasteiger partial charge in [-0.3, -0.25) is 4.99 Å². The van der Waals surface area contributed by atoms with Gasteiger partial charge in [0.1, 0.15) is 0 Å². The molecule has 1 saturated heterocycles. The molecule has 118 valence electrons. The topological polar surface area (TPSA) is 27.6 Å². The molecule has 1 aromatic carbocycles. The first-order chi connectivity index (χ1) is 9.83. The minimum absolute atomic E-state index is 0. The summed E-state index contributed by atoms with van der Waals surface area (Å²) >= 11 is 0. The number of rotatable bonds is 5. The third kappa shape index (κ3) is 5.85. The molecule has 2 rings (SSSR count). The maximum absolute atomic E-state index is 4.76. The summed E-state index contributed by atoms with van der Waals surface area (Å²) < 4.78 is 0. The first kappa shape index (κ1) is 18.3. The number of aryl methyl sites for hydroxylation is 1. The lowest BCUT2D eigenvalue weighted by Gasteiger charge is -2.20. The number of hydrogen-bond acceptors (Lipinski definition) is 1. The molecule has 1 aliphatic heterocycles. The highest BCUT2D eigenvalue weighted by Crippen LogP contribution is 2.08. The largest absolute Gasteiger partial charge is 0.357 e. The predicted octanol–water partition coefficient (Wildman–Crippen LogP) is 3.47. The Morgan fingerprint density at radius 3 is 2.29 bits per heavy atom. The average molecular weight is 401 g/mol. The van der Waals surface area contributed by atoms with E-state index in [0.29, 0.717) is 0 Å². The van der Waals surface area contributed by atoms with Crippen LogP contribution in [0.1, 0.15) is 37.8 Å². The van der Waals surface area contributed by atoms with Crippen LogP contribution in [-0.2, 0) is 12.8 Å². The van der Waals surface area contributed by atoms with Crippen LogP contribution in [0.5, 0.6) is 0 Å². The molecule has 0 saturated carbocycles. The lowest BCUT2D eigenvalue weighted by molar-refractivity contribution is 0.494. The molecule has 0 aromatic heterocycles. The Balaban J connectivity index is 0.00000220. The SMILES string of the molecule is CCNC(=NCCc1ccc(CC)cc1)N1CCCC1.I. The van der Waals surface area contributed by atoms with Crippen molar-refractivity contribution < 1.29 is 0 Å². The molecule has 1 aliphatic rings. The van der Waals surface area contributed by atoms with Crippen LogP contribution < -0.4 is 5.32 Å². The summed E-state index contributed by atoms with van der Waals surface area (Å²) in [6, 6.07) is 8.92. The molecule has 21 heavy (non-hydrogen) atoms. The minimum Gasteiger partial charge on any atom is -0.357 e. The van der Waals surface area contributed by atoms with Crippen LogP contribution in [-0.4, -0.2) is 37.0 Å². The van der Waals surface area contributed by atoms with Gasteiger partial charge in [0.2, 0.25) is 0 Å². The van der Waals surface area contributed by atoms with Gasteiger partial charge in [-0.15, -0.1) is 24.0 Å². The highest BCUT2D eigenvalue weighted by molar-refractivity contribution is 14.0. The fraction of sp³-hybridized carbons (Fsp3) is 0.588. The van der Waals surface area contributed by atoms with Crippen molar-refractivity contribution in [3.8, 4) is 0 Å². The smallest absolute Gasteiger partial charge is 0.193 e. The number of benzene rings is 1. The average Bonchev–Trinajstić information content (AvgIpc) is 3.01. The molecule has 0 amide bonds. The van der Waals surface area contributed by atoms with Gasteiger partial charge in [0, 0.05) is 26.2 Å². The van der Waals surface area contributed by atoms with Crippen molar-refractivity contribution in [2.24, 2.45) is 4.99 Å². The van der Waals surface area contributed by atoms with Crippen molar-refractivity contribution in [2.75, 3.05) is 26.2 Å². The molecule has 0 atom stereocenters. The third-order valence-corrected chi connectivity index (χ3v) is 3.83. The van der Waals surface area contributed by atoms with Crippen LogP contribution in [0.4, 0.5) is 0 Å². The third-order valence-electron chi connectivity index (χ3n) is 3.83. The van der Waals surface area contributed by atoms with Crippen molar-refractivity contribution in [1.29, 1.82) is 0 Å². The van der Waals surface area contributed by atoms with Gasteiger partial charge in [0.25, 0.3) is 0 Å². The second kappa shape index (κ2) is 10.0. The Morgan fingerprint density at radius 2 is 1.71 bits per heavy atom. The van der Waals surface area contributed by atoms with E-state index in [0.717, 1.165) is 45.0 Å². The Bertz CT molecular complexity index is 422. The number of hydrogen-bond donors (Lipinski definition) is 1. The molecular weight excluding hydrogens is 373 g/mol. The molecule has 0 radical (unpaired) electrons. The number of nitrogens with one attached hydrogen (secondary N) is 1. The molecule has 3 nitrogen and oxygen atoms in total. The van der Waals surface area contributed by atoms with Crippen molar-refractivity contribution in [2.45, 2.75) is 39.5 Å². The lowest BCUT2D eigenvalue weighted by atomic mass is 10.1. The highest BCUT2D eigenvalue weighted by Gasteiger charge is 2.14. The van der Waals surface area contributed by atoms with Gasteiger partial charge in [-0.2, -0.15) is 0 Å². The van der Waals surface area contributed by atoms with E-state index < -0.39 is 0 Å². The zero-order valence-electron chi connectivity index (χ0n) is 13.3. The fourth-order valence-corrected chi connectivity index (χ4v) is 2.59. The van der Waals surface area contributed by atoms with Crippen molar-refractivity contribution >= 4 is 29.9 Å². The van der Waals surface area contributed by atoms with Gasteiger partial charge >= 0.3 is 0 Å². The fourth-order valence-electron chi connectivity index (χ4n) is 2.59. The standard InChI is InChI=1S/C17H27N3.HI/c1-3-15-7-9-16(10-8-15)11-12-19-17(18-4-2)20-13-5-6-14-20;/h7-10H,3-6,11-14H2,1-2H3,(H,18,19);1H. The molecular formula is C17H28IN3. The number of nitrogens with zero attached hydrogens (tertiary/aromatic N) is 2. The van der Waals surface area contributed by atoms with Gasteiger partial charge < -0.3 is 10.2 Å². The molecule has 4 heteroatoms. The van der Waals surface area contributed by atoms with Gasteiger partial charge in [-0.05, 0) is 43.7 Å². The Labute approximate surface area is 146 Å². The van der Waals surface area contributed by atoms with E-state index in [9.17, 15) is 0 Å². The van der Waals surface area contributed by atoms with Gasteiger partial charge in [-0.25, -0.2) is 0 Å². The predicted molar refractivity (Wildman–Crippen MR) is 102 cm³/mol. The first-order valence-electron chi connectivity index (χ1n) is 7.94. The van der Waals surface area contributed by atoms with Crippen LogP contribution in [0.2, 0.25) is 0 Å². The Hall–Kier alpha value is -0.780. The first-order valence-corrected chi connectivity index (χ1v) is 7.94. The van der Waals surface area contributed by atoms with E-state index in [1.807, 2.05) is 0 Å². The summed E-state index contributed by atoms with van der Waals surface area (Å²) in [4.78, 5) is 7.14. The van der Waals surface area contributed by atoms with E-state index in [2.05, 4.69) is 48.3 Å². The lowest BCUT2D eigenvalue weighted by Crippen LogP contribution is -2.39. The number of halogens is 1. The van der Waals surface area contributed by atoms with Gasteiger partial charge in [0.15, 0.2) is 5.96 Å². The maximum Gasteiger partial charge on any atom is 0.193 e. The zero-order valence-corrected chi connectivity index (χ0v) is 15.6.